The molecule has 0 unspecified atom stereocenters. The van der Waals surface area contributed by atoms with Crippen molar-refractivity contribution in [1.29, 1.82) is 0 Å². The second-order valence-corrected chi connectivity index (χ2v) is 7.33. The predicted octanol–water partition coefficient (Wildman–Crippen LogP) is 6.41. The maximum Gasteiger partial charge on any atom is 0.172 e. The highest BCUT2D eigenvalue weighted by molar-refractivity contribution is 6.31. The van der Waals surface area contributed by atoms with E-state index < -0.39 is 5.82 Å². The van der Waals surface area contributed by atoms with Gasteiger partial charge in [0.05, 0.1) is 17.8 Å². The van der Waals surface area contributed by atoms with Crippen LogP contribution in [0.3, 0.4) is 0 Å². The largest absolute Gasteiger partial charge is 0.507 e. The first kappa shape index (κ1) is 22.4. The number of phenolic OH excluding ortho intramolecular Hbond substituents is 1. The maximum atomic E-state index is 13.2. The number of halogens is 2. The highest BCUT2D eigenvalue weighted by Crippen LogP contribution is 2.39. The van der Waals surface area contributed by atoms with E-state index in [1.807, 2.05) is 19.1 Å². The van der Waals surface area contributed by atoms with Gasteiger partial charge in [-0.15, -0.1) is 0 Å². The zero-order valence-corrected chi connectivity index (χ0v) is 18.4. The summed E-state index contributed by atoms with van der Waals surface area (Å²) in [6.07, 6.45) is 2.89. The first-order valence-electron chi connectivity index (χ1n) is 10.1. The van der Waals surface area contributed by atoms with E-state index in [1.165, 1.54) is 30.7 Å². The lowest BCUT2D eigenvalue weighted by Gasteiger charge is -2.14. The van der Waals surface area contributed by atoms with Crippen LogP contribution < -0.4 is 14.2 Å². The number of aromatic nitrogens is 2. The van der Waals surface area contributed by atoms with Crippen LogP contribution in [0.4, 0.5) is 4.39 Å². The highest BCUT2D eigenvalue weighted by Gasteiger charge is 2.16. The van der Waals surface area contributed by atoms with Crippen LogP contribution >= 0.6 is 11.6 Å². The van der Waals surface area contributed by atoms with E-state index in [2.05, 4.69) is 9.97 Å². The fraction of sp³-hybridized carbons (Fsp3) is 0.120. The molecule has 0 spiro atoms. The number of benzene rings is 3. The first-order chi connectivity index (χ1) is 16.0. The zero-order chi connectivity index (χ0) is 23.2. The molecule has 3 aromatic carbocycles. The lowest BCUT2D eigenvalue weighted by Crippen LogP contribution is -1.98. The van der Waals surface area contributed by atoms with Gasteiger partial charge in [-0.2, -0.15) is 0 Å². The summed E-state index contributed by atoms with van der Waals surface area (Å²) in [5.41, 5.74) is 1.47. The molecule has 4 rings (SSSR count). The number of phenols is 1. The van der Waals surface area contributed by atoms with Crippen molar-refractivity contribution in [2.75, 3.05) is 6.61 Å². The second-order valence-electron chi connectivity index (χ2n) is 6.92. The second kappa shape index (κ2) is 10.2. The zero-order valence-electron chi connectivity index (χ0n) is 17.7. The summed E-state index contributed by atoms with van der Waals surface area (Å²) >= 11 is 6.04. The Kier molecular flexibility index (Phi) is 6.90. The van der Waals surface area contributed by atoms with Gasteiger partial charge in [0.15, 0.2) is 17.2 Å². The minimum atomic E-state index is -0.419. The summed E-state index contributed by atoms with van der Waals surface area (Å²) < 4.78 is 30.6. The number of nitrogens with zero attached hydrogens (tertiary/aromatic N) is 2. The Hall–Kier alpha value is -3.84. The summed E-state index contributed by atoms with van der Waals surface area (Å²) in [6, 6.07) is 16.2. The Morgan fingerprint density at radius 1 is 0.970 bits per heavy atom. The minimum Gasteiger partial charge on any atom is -0.507 e. The average molecular weight is 467 g/mol. The monoisotopic (exact) mass is 466 g/mol. The molecule has 1 aromatic heterocycles. The van der Waals surface area contributed by atoms with E-state index in [1.54, 1.807) is 30.3 Å². The Morgan fingerprint density at radius 2 is 1.79 bits per heavy atom. The van der Waals surface area contributed by atoms with E-state index in [9.17, 15) is 9.50 Å². The third-order valence-electron chi connectivity index (χ3n) is 4.68. The van der Waals surface area contributed by atoms with Gasteiger partial charge in [-0.3, -0.25) is 0 Å². The van der Waals surface area contributed by atoms with Gasteiger partial charge in [-0.05, 0) is 43.3 Å². The van der Waals surface area contributed by atoms with Crippen molar-refractivity contribution in [1.82, 2.24) is 9.97 Å². The normalized spacial score (nSPS) is 10.6. The van der Waals surface area contributed by atoms with E-state index in [0.717, 1.165) is 0 Å². The molecule has 0 radical (unpaired) electrons. The molecule has 4 aromatic rings. The number of rotatable bonds is 8. The molecule has 0 saturated heterocycles. The molecule has 0 aliphatic heterocycles. The number of para-hydroxylation sites is 2. The van der Waals surface area contributed by atoms with Crippen molar-refractivity contribution in [2.24, 2.45) is 0 Å². The molecular weight excluding hydrogens is 447 g/mol. The van der Waals surface area contributed by atoms with Crippen molar-refractivity contribution in [3.8, 4) is 40.0 Å². The molecule has 0 saturated carbocycles. The predicted molar refractivity (Wildman–Crippen MR) is 123 cm³/mol. The fourth-order valence-corrected chi connectivity index (χ4v) is 3.34. The van der Waals surface area contributed by atoms with Crippen LogP contribution in [0.25, 0.3) is 11.3 Å². The molecule has 0 bridgehead atoms. The molecule has 168 valence electrons. The molecule has 0 aliphatic rings. The van der Waals surface area contributed by atoms with Crippen molar-refractivity contribution in [3.05, 3.63) is 89.6 Å². The van der Waals surface area contributed by atoms with Crippen LogP contribution in [0.1, 0.15) is 12.5 Å². The number of aromatic hydroxyl groups is 1. The van der Waals surface area contributed by atoms with E-state index in [-0.39, 0.29) is 17.4 Å². The molecule has 33 heavy (non-hydrogen) atoms. The average Bonchev–Trinajstić information content (AvgIpc) is 2.81. The van der Waals surface area contributed by atoms with Gasteiger partial charge >= 0.3 is 0 Å². The lowest BCUT2D eigenvalue weighted by atomic mass is 10.1. The Bertz CT molecular complexity index is 1270. The van der Waals surface area contributed by atoms with Crippen LogP contribution in [-0.2, 0) is 6.61 Å². The van der Waals surface area contributed by atoms with Gasteiger partial charge in [0, 0.05) is 17.2 Å². The molecule has 1 N–H and O–H groups in total. The third kappa shape index (κ3) is 5.32. The lowest BCUT2D eigenvalue weighted by molar-refractivity contribution is 0.304. The van der Waals surface area contributed by atoms with E-state index in [4.69, 9.17) is 25.8 Å². The standard InChI is InChI=1S/C25H20ClFN2O4/c1-2-31-22-5-3-4-6-23(22)33-24-13-28-15-29-25(24)19-10-9-18(12-21(19)30)32-14-16-7-8-17(27)11-20(16)26/h3-13,15,30H,2,14H2,1H3. The van der Waals surface area contributed by atoms with Gasteiger partial charge in [0.2, 0.25) is 0 Å². The SMILES string of the molecule is CCOc1ccccc1Oc1cncnc1-c1ccc(OCc2ccc(F)cc2Cl)cc1O. The van der Waals surface area contributed by atoms with Crippen LogP contribution in [0, 0.1) is 5.82 Å². The van der Waals surface area contributed by atoms with Crippen LogP contribution in [0.5, 0.6) is 28.7 Å². The third-order valence-corrected chi connectivity index (χ3v) is 5.03. The molecule has 8 heteroatoms. The Morgan fingerprint density at radius 3 is 2.55 bits per heavy atom. The topological polar surface area (TPSA) is 73.7 Å². The summed E-state index contributed by atoms with van der Waals surface area (Å²) in [4.78, 5) is 8.34. The van der Waals surface area contributed by atoms with E-state index in [0.29, 0.717) is 46.4 Å². The molecule has 0 atom stereocenters. The quantitative estimate of drug-likeness (QED) is 0.323. The summed E-state index contributed by atoms with van der Waals surface area (Å²) in [5.74, 6) is 1.38. The molecule has 0 fully saturated rings. The molecular formula is C25H20ClFN2O4. The van der Waals surface area contributed by atoms with Gasteiger partial charge < -0.3 is 19.3 Å². The summed E-state index contributed by atoms with van der Waals surface area (Å²) in [5, 5.41) is 10.9. The van der Waals surface area contributed by atoms with Gasteiger partial charge in [-0.25, -0.2) is 14.4 Å². The molecule has 1 heterocycles. The van der Waals surface area contributed by atoms with Gasteiger partial charge in [0.25, 0.3) is 0 Å². The fourth-order valence-electron chi connectivity index (χ4n) is 3.12. The van der Waals surface area contributed by atoms with Crippen molar-refractivity contribution < 1.29 is 23.7 Å². The Labute approximate surface area is 195 Å². The van der Waals surface area contributed by atoms with Crippen molar-refractivity contribution in [3.63, 3.8) is 0 Å². The van der Waals surface area contributed by atoms with E-state index >= 15 is 0 Å². The minimum absolute atomic E-state index is 0.0562. The Balaban J connectivity index is 1.56. The number of ether oxygens (including phenoxy) is 3. The van der Waals surface area contributed by atoms with Crippen LogP contribution in [0.15, 0.2) is 73.2 Å². The van der Waals surface area contributed by atoms with Crippen molar-refractivity contribution in [2.45, 2.75) is 13.5 Å². The summed E-state index contributed by atoms with van der Waals surface area (Å²) in [7, 11) is 0. The van der Waals surface area contributed by atoms with Gasteiger partial charge in [-0.1, -0.05) is 29.8 Å². The van der Waals surface area contributed by atoms with Gasteiger partial charge in [0.1, 0.15) is 35.9 Å². The maximum absolute atomic E-state index is 13.2. The number of hydrogen-bond acceptors (Lipinski definition) is 6. The van der Waals surface area contributed by atoms with Crippen LogP contribution in [0.2, 0.25) is 5.02 Å². The first-order valence-corrected chi connectivity index (χ1v) is 10.5. The highest BCUT2D eigenvalue weighted by atomic mass is 35.5. The molecule has 6 nitrogen and oxygen atoms in total. The molecule has 0 aliphatic carbocycles. The van der Waals surface area contributed by atoms with Crippen molar-refractivity contribution >= 4 is 11.6 Å². The van der Waals surface area contributed by atoms with Crippen LogP contribution in [-0.4, -0.2) is 21.7 Å². The summed E-state index contributed by atoms with van der Waals surface area (Å²) in [6.45, 7) is 2.50. The number of hydrogen-bond donors (Lipinski definition) is 1. The molecule has 0 amide bonds. The smallest absolute Gasteiger partial charge is 0.172 e.